The number of hydrogen-bond donors (Lipinski definition) is 1. The second-order valence-electron chi connectivity index (χ2n) is 6.91. The molecule has 7 nitrogen and oxygen atoms in total. The lowest BCUT2D eigenvalue weighted by Gasteiger charge is -2.09. The highest BCUT2D eigenvalue weighted by atomic mass is 32.2. The fourth-order valence-corrected chi connectivity index (χ4v) is 5.08. The summed E-state index contributed by atoms with van der Waals surface area (Å²) >= 11 is 2.73. The minimum Gasteiger partial charge on any atom is -0.462 e. The summed E-state index contributed by atoms with van der Waals surface area (Å²) in [7, 11) is 0. The molecule has 9 heteroatoms. The van der Waals surface area contributed by atoms with Gasteiger partial charge in [0.05, 0.1) is 12.4 Å². The van der Waals surface area contributed by atoms with Crippen molar-refractivity contribution in [1.29, 1.82) is 0 Å². The topological polar surface area (TPSA) is 86.1 Å². The summed E-state index contributed by atoms with van der Waals surface area (Å²) in [6, 6.07) is 10.1. The summed E-state index contributed by atoms with van der Waals surface area (Å²) in [6.07, 6.45) is 3.96. The van der Waals surface area contributed by atoms with Gasteiger partial charge in [0.1, 0.15) is 16.9 Å². The zero-order chi connectivity index (χ0) is 21.1. The van der Waals surface area contributed by atoms with E-state index in [9.17, 15) is 9.59 Å². The molecule has 1 fully saturated rings. The van der Waals surface area contributed by atoms with E-state index < -0.39 is 5.97 Å². The molecule has 2 aromatic heterocycles. The van der Waals surface area contributed by atoms with Crippen molar-refractivity contribution in [2.75, 3.05) is 17.7 Å². The SMILES string of the molecule is CCOC(=O)c1c(NC(=O)CSc2nncn2C2CC2)sc(C)c1-c1ccccc1. The molecular weight excluding hydrogens is 420 g/mol. The van der Waals surface area contributed by atoms with Crippen molar-refractivity contribution in [2.45, 2.75) is 37.9 Å². The van der Waals surface area contributed by atoms with Crippen LogP contribution in [-0.4, -0.2) is 39.0 Å². The highest BCUT2D eigenvalue weighted by Gasteiger charge is 2.27. The summed E-state index contributed by atoms with van der Waals surface area (Å²) < 4.78 is 7.30. The molecule has 0 radical (unpaired) electrons. The molecule has 3 aromatic rings. The number of thioether (sulfide) groups is 1. The van der Waals surface area contributed by atoms with Gasteiger partial charge in [-0.25, -0.2) is 4.79 Å². The third-order valence-electron chi connectivity index (χ3n) is 4.69. The molecule has 1 aliphatic rings. The van der Waals surface area contributed by atoms with E-state index in [1.54, 1.807) is 13.3 Å². The molecule has 1 saturated carbocycles. The highest BCUT2D eigenvalue weighted by Crippen LogP contribution is 2.41. The van der Waals surface area contributed by atoms with E-state index in [4.69, 9.17) is 4.74 Å². The molecule has 1 aromatic carbocycles. The van der Waals surface area contributed by atoms with Crippen LogP contribution in [0, 0.1) is 6.92 Å². The zero-order valence-electron chi connectivity index (χ0n) is 16.8. The summed E-state index contributed by atoms with van der Waals surface area (Å²) in [5.41, 5.74) is 2.13. The Balaban J connectivity index is 1.54. The van der Waals surface area contributed by atoms with Crippen molar-refractivity contribution in [1.82, 2.24) is 14.8 Å². The van der Waals surface area contributed by atoms with Crippen LogP contribution in [0.2, 0.25) is 0 Å². The number of nitrogens with one attached hydrogen (secondary N) is 1. The largest absolute Gasteiger partial charge is 0.462 e. The van der Waals surface area contributed by atoms with Crippen molar-refractivity contribution in [2.24, 2.45) is 0 Å². The van der Waals surface area contributed by atoms with E-state index >= 15 is 0 Å². The van der Waals surface area contributed by atoms with Crippen LogP contribution in [0.15, 0.2) is 41.8 Å². The number of carbonyl (C=O) groups is 2. The average molecular weight is 443 g/mol. The molecule has 1 N–H and O–H groups in total. The lowest BCUT2D eigenvalue weighted by molar-refractivity contribution is -0.113. The van der Waals surface area contributed by atoms with Crippen LogP contribution in [0.5, 0.6) is 0 Å². The van der Waals surface area contributed by atoms with Gasteiger partial charge in [0.15, 0.2) is 5.16 Å². The van der Waals surface area contributed by atoms with Crippen LogP contribution >= 0.6 is 23.1 Å². The second-order valence-corrected chi connectivity index (χ2v) is 9.08. The van der Waals surface area contributed by atoms with E-state index in [1.807, 2.05) is 41.8 Å². The summed E-state index contributed by atoms with van der Waals surface area (Å²) in [5, 5.41) is 12.2. The van der Waals surface area contributed by atoms with E-state index in [2.05, 4.69) is 15.5 Å². The minimum atomic E-state index is -0.433. The van der Waals surface area contributed by atoms with Gasteiger partial charge in [0, 0.05) is 16.5 Å². The van der Waals surface area contributed by atoms with Crippen molar-refractivity contribution in [3.05, 3.63) is 47.1 Å². The first-order valence-corrected chi connectivity index (χ1v) is 11.6. The monoisotopic (exact) mass is 442 g/mol. The molecule has 1 aliphatic carbocycles. The number of esters is 1. The van der Waals surface area contributed by atoms with Gasteiger partial charge in [0.2, 0.25) is 5.91 Å². The maximum Gasteiger partial charge on any atom is 0.341 e. The Morgan fingerprint density at radius 1 is 1.30 bits per heavy atom. The molecular formula is C21H22N4O3S2. The van der Waals surface area contributed by atoms with Crippen LogP contribution in [0.1, 0.15) is 41.0 Å². The third-order valence-corrected chi connectivity index (χ3v) is 6.67. The number of carbonyl (C=O) groups excluding carboxylic acids is 2. The number of hydrogen-bond acceptors (Lipinski definition) is 7. The average Bonchev–Trinajstić information content (AvgIpc) is 3.38. The maximum atomic E-state index is 12.7. The highest BCUT2D eigenvalue weighted by molar-refractivity contribution is 7.99. The number of aromatic nitrogens is 3. The number of aryl methyl sites for hydroxylation is 1. The number of ether oxygens (including phenoxy) is 1. The van der Waals surface area contributed by atoms with E-state index in [-0.39, 0.29) is 18.3 Å². The van der Waals surface area contributed by atoms with Crippen LogP contribution in [0.4, 0.5) is 5.00 Å². The fourth-order valence-electron chi connectivity index (χ4n) is 3.21. The van der Waals surface area contributed by atoms with Gasteiger partial charge in [-0.1, -0.05) is 42.1 Å². The standard InChI is InChI=1S/C21H22N4O3S2/c1-3-28-20(27)18-17(14-7-5-4-6-8-14)13(2)30-19(18)23-16(26)11-29-21-24-22-12-25(21)15-9-10-15/h4-8,12,15H,3,9-11H2,1-2H3,(H,23,26). The van der Waals surface area contributed by atoms with Crippen molar-refractivity contribution in [3.8, 4) is 11.1 Å². The Morgan fingerprint density at radius 2 is 2.07 bits per heavy atom. The van der Waals surface area contributed by atoms with Crippen LogP contribution in [0.25, 0.3) is 11.1 Å². The van der Waals surface area contributed by atoms with Gasteiger partial charge in [-0.2, -0.15) is 0 Å². The first-order valence-electron chi connectivity index (χ1n) is 9.76. The number of thiophene rings is 1. The zero-order valence-corrected chi connectivity index (χ0v) is 18.4. The Hall–Kier alpha value is -2.65. The quantitative estimate of drug-likeness (QED) is 0.407. The van der Waals surface area contributed by atoms with Gasteiger partial charge in [-0.05, 0) is 32.3 Å². The van der Waals surface area contributed by atoms with Crippen molar-refractivity contribution in [3.63, 3.8) is 0 Å². The smallest absolute Gasteiger partial charge is 0.341 e. The molecule has 30 heavy (non-hydrogen) atoms. The number of anilines is 1. The Kier molecular flexibility index (Phi) is 6.19. The first-order chi connectivity index (χ1) is 14.6. The fraction of sp³-hybridized carbons (Fsp3) is 0.333. The van der Waals surface area contributed by atoms with Gasteiger partial charge >= 0.3 is 5.97 Å². The number of nitrogens with zero attached hydrogens (tertiary/aromatic N) is 3. The molecule has 0 spiro atoms. The van der Waals surface area contributed by atoms with Crippen LogP contribution in [0.3, 0.4) is 0 Å². The van der Waals surface area contributed by atoms with Gasteiger partial charge in [-0.15, -0.1) is 21.5 Å². The first kappa shape index (κ1) is 20.6. The van der Waals surface area contributed by atoms with E-state index in [1.165, 1.54) is 23.1 Å². The lowest BCUT2D eigenvalue weighted by atomic mass is 10.0. The predicted octanol–water partition coefficient (Wildman–Crippen LogP) is 4.56. The van der Waals surface area contributed by atoms with E-state index in [0.717, 1.165) is 34.0 Å². The Morgan fingerprint density at radius 3 is 2.77 bits per heavy atom. The Bertz CT molecular complexity index is 1060. The molecule has 0 aliphatic heterocycles. The number of amides is 1. The summed E-state index contributed by atoms with van der Waals surface area (Å²) in [5.74, 6) is -0.445. The number of benzene rings is 1. The molecule has 0 unspecified atom stereocenters. The summed E-state index contributed by atoms with van der Waals surface area (Å²) in [6.45, 7) is 3.98. The number of rotatable bonds is 8. The second kappa shape index (κ2) is 9.01. The predicted molar refractivity (Wildman–Crippen MR) is 118 cm³/mol. The van der Waals surface area contributed by atoms with Gasteiger partial charge in [-0.3, -0.25) is 4.79 Å². The molecule has 1 amide bonds. The van der Waals surface area contributed by atoms with Crippen molar-refractivity contribution >= 4 is 40.0 Å². The molecule has 4 rings (SSSR count). The molecule has 2 heterocycles. The molecule has 156 valence electrons. The lowest BCUT2D eigenvalue weighted by Crippen LogP contribution is -2.16. The van der Waals surface area contributed by atoms with Gasteiger partial charge in [0.25, 0.3) is 0 Å². The van der Waals surface area contributed by atoms with Crippen LogP contribution in [-0.2, 0) is 9.53 Å². The van der Waals surface area contributed by atoms with Crippen LogP contribution < -0.4 is 5.32 Å². The summed E-state index contributed by atoms with van der Waals surface area (Å²) in [4.78, 5) is 26.3. The molecule has 0 saturated heterocycles. The van der Waals surface area contributed by atoms with Gasteiger partial charge < -0.3 is 14.6 Å². The normalized spacial score (nSPS) is 13.3. The maximum absolute atomic E-state index is 12.7. The minimum absolute atomic E-state index is 0.186. The molecule has 0 atom stereocenters. The molecule has 0 bridgehead atoms. The third kappa shape index (κ3) is 4.41. The van der Waals surface area contributed by atoms with Crippen molar-refractivity contribution < 1.29 is 14.3 Å². The van der Waals surface area contributed by atoms with E-state index in [0.29, 0.717) is 16.6 Å². The Labute approximate surface area is 182 Å².